The molecule has 2 N–H and O–H groups in total. The smallest absolute Gasteiger partial charge is 0.275 e. The normalized spacial score (nSPS) is 15.5. The molecule has 1 aromatic heterocycles. The highest BCUT2D eigenvalue weighted by atomic mass is 79.9. The lowest BCUT2D eigenvalue weighted by Gasteiger charge is -2.12. The molecule has 0 saturated heterocycles. The van der Waals surface area contributed by atoms with Crippen LogP contribution in [0.1, 0.15) is 18.5 Å². The fourth-order valence-corrected chi connectivity index (χ4v) is 3.51. The maximum atomic E-state index is 11.8. The minimum absolute atomic E-state index is 0.141. The second kappa shape index (κ2) is 6.89. The number of hydrogen-bond acceptors (Lipinski definition) is 3. The van der Waals surface area contributed by atoms with Crippen molar-refractivity contribution in [2.24, 2.45) is 0 Å². The van der Waals surface area contributed by atoms with Crippen LogP contribution < -0.4 is 10.2 Å². The molecule has 0 radical (unpaired) electrons. The van der Waals surface area contributed by atoms with Gasteiger partial charge in [0.1, 0.15) is 17.2 Å². The monoisotopic (exact) mass is 380 g/mol. The van der Waals surface area contributed by atoms with E-state index < -0.39 is 0 Å². The van der Waals surface area contributed by atoms with Crippen LogP contribution in [-0.4, -0.2) is 30.5 Å². The largest absolute Gasteiger partial charge is 0.348 e. The number of nitrogens with zero attached hydrogens (tertiary/aromatic N) is 1. The van der Waals surface area contributed by atoms with Crippen LogP contribution >= 0.6 is 27.3 Å². The van der Waals surface area contributed by atoms with Crippen molar-refractivity contribution >= 4 is 33.2 Å². The molecule has 0 spiro atoms. The molecule has 0 bridgehead atoms. The van der Waals surface area contributed by atoms with E-state index >= 15 is 0 Å². The van der Waals surface area contributed by atoms with Gasteiger partial charge in [0.2, 0.25) is 0 Å². The van der Waals surface area contributed by atoms with Crippen molar-refractivity contribution in [3.05, 3.63) is 39.8 Å². The van der Waals surface area contributed by atoms with Crippen molar-refractivity contribution in [3.63, 3.8) is 0 Å². The molecule has 6 heteroatoms. The van der Waals surface area contributed by atoms with Crippen LogP contribution in [0.5, 0.6) is 0 Å². The van der Waals surface area contributed by atoms with Crippen LogP contribution in [0.25, 0.3) is 10.6 Å². The number of rotatable bonds is 6. The fourth-order valence-electron chi connectivity index (χ4n) is 2.29. The number of quaternary nitrogens is 1. The fraction of sp³-hybridized carbons (Fsp3) is 0.375. The number of halogens is 1. The van der Waals surface area contributed by atoms with Gasteiger partial charge in [-0.15, -0.1) is 11.3 Å². The number of likely N-dealkylation sites (N-methyl/N-ethyl adjacent to an activating group) is 1. The summed E-state index contributed by atoms with van der Waals surface area (Å²) in [6, 6.07) is 8.59. The van der Waals surface area contributed by atoms with Crippen LogP contribution in [0.15, 0.2) is 34.1 Å². The minimum atomic E-state index is 0.141. The molecule has 1 fully saturated rings. The first-order valence-electron chi connectivity index (χ1n) is 7.41. The highest BCUT2D eigenvalue weighted by Crippen LogP contribution is 2.25. The number of thiazole rings is 1. The predicted octanol–water partition coefficient (Wildman–Crippen LogP) is 1.87. The molecular weight excluding hydrogens is 362 g/mol. The maximum Gasteiger partial charge on any atom is 0.275 e. The molecule has 1 aliphatic carbocycles. The molecule has 2 aromatic rings. The van der Waals surface area contributed by atoms with Crippen molar-refractivity contribution in [1.29, 1.82) is 0 Å². The summed E-state index contributed by atoms with van der Waals surface area (Å²) in [5.41, 5.74) is 2.16. The Balaban J connectivity index is 1.57. The number of amides is 1. The highest BCUT2D eigenvalue weighted by molar-refractivity contribution is 9.10. The second-order valence-electron chi connectivity index (χ2n) is 5.81. The summed E-state index contributed by atoms with van der Waals surface area (Å²) in [6.07, 6.45) is 2.26. The molecule has 1 unspecified atom stereocenters. The summed E-state index contributed by atoms with van der Waals surface area (Å²) >= 11 is 5.13. The number of benzene rings is 1. The van der Waals surface area contributed by atoms with Gasteiger partial charge >= 0.3 is 0 Å². The van der Waals surface area contributed by atoms with E-state index in [9.17, 15) is 4.79 Å². The average Bonchev–Trinajstić information content (AvgIpc) is 3.14. The third-order valence-electron chi connectivity index (χ3n) is 3.51. The molecule has 1 heterocycles. The number of nitrogens with one attached hydrogen (secondary N) is 2. The third-order valence-corrected chi connectivity index (χ3v) is 4.94. The van der Waals surface area contributed by atoms with Gasteiger partial charge < -0.3 is 10.2 Å². The van der Waals surface area contributed by atoms with E-state index in [4.69, 9.17) is 0 Å². The Labute approximate surface area is 142 Å². The summed E-state index contributed by atoms with van der Waals surface area (Å²) < 4.78 is 1.06. The zero-order valence-electron chi connectivity index (χ0n) is 12.4. The molecule has 0 aliphatic heterocycles. The van der Waals surface area contributed by atoms with E-state index in [1.54, 1.807) is 11.3 Å². The van der Waals surface area contributed by atoms with Crippen LogP contribution in [-0.2, 0) is 11.3 Å². The summed E-state index contributed by atoms with van der Waals surface area (Å²) in [6.45, 7) is 1.27. The molecule has 3 rings (SSSR count). The van der Waals surface area contributed by atoms with Gasteiger partial charge in [0.25, 0.3) is 5.91 Å². The van der Waals surface area contributed by atoms with Crippen molar-refractivity contribution in [2.75, 3.05) is 13.6 Å². The lowest BCUT2D eigenvalue weighted by atomic mass is 10.2. The summed E-state index contributed by atoms with van der Waals surface area (Å²) in [5.74, 6) is 0.141. The Hall–Kier alpha value is -1.24. The van der Waals surface area contributed by atoms with Crippen molar-refractivity contribution in [3.8, 4) is 10.6 Å². The quantitative estimate of drug-likeness (QED) is 0.803. The standard InChI is InChI=1S/C16H18BrN3OS/c1-20(9-15(21)18-13-5-6-13)8-14-10-22-16(19-14)11-3-2-4-12(17)7-11/h2-4,7,10,13H,5-6,8-9H2,1H3,(H,18,21)/p+1. The van der Waals surface area contributed by atoms with Gasteiger partial charge in [-0.05, 0) is 25.0 Å². The SMILES string of the molecule is C[NH+](CC(=O)NC1CC1)Cc1csc(-c2cccc(Br)c2)n1. The molecule has 1 saturated carbocycles. The molecule has 1 atom stereocenters. The minimum Gasteiger partial charge on any atom is -0.348 e. The zero-order valence-corrected chi connectivity index (χ0v) is 14.8. The van der Waals surface area contributed by atoms with E-state index in [0.717, 1.165) is 45.0 Å². The number of aromatic nitrogens is 1. The van der Waals surface area contributed by atoms with Gasteiger partial charge in [-0.3, -0.25) is 4.79 Å². The maximum absolute atomic E-state index is 11.8. The number of carbonyl (C=O) groups is 1. The Bertz CT molecular complexity index is 669. The topological polar surface area (TPSA) is 46.4 Å². The van der Waals surface area contributed by atoms with Crippen LogP contribution in [0.2, 0.25) is 0 Å². The Morgan fingerprint density at radius 2 is 2.32 bits per heavy atom. The van der Waals surface area contributed by atoms with E-state index in [1.165, 1.54) is 0 Å². The summed E-state index contributed by atoms with van der Waals surface area (Å²) in [4.78, 5) is 17.6. The zero-order chi connectivity index (χ0) is 15.5. The molecule has 22 heavy (non-hydrogen) atoms. The van der Waals surface area contributed by atoms with Gasteiger partial charge in [0.15, 0.2) is 6.54 Å². The van der Waals surface area contributed by atoms with Gasteiger partial charge in [-0.2, -0.15) is 0 Å². The van der Waals surface area contributed by atoms with Gasteiger partial charge in [-0.1, -0.05) is 28.1 Å². The van der Waals surface area contributed by atoms with E-state index in [1.807, 2.05) is 19.2 Å². The van der Waals surface area contributed by atoms with Crippen LogP contribution in [0.3, 0.4) is 0 Å². The van der Waals surface area contributed by atoms with E-state index in [2.05, 4.69) is 43.7 Å². The molecule has 4 nitrogen and oxygen atoms in total. The van der Waals surface area contributed by atoms with E-state index in [-0.39, 0.29) is 5.91 Å². The first-order chi connectivity index (χ1) is 10.6. The Morgan fingerprint density at radius 1 is 1.50 bits per heavy atom. The number of hydrogen-bond donors (Lipinski definition) is 2. The second-order valence-corrected chi connectivity index (χ2v) is 7.58. The van der Waals surface area contributed by atoms with E-state index in [0.29, 0.717) is 12.6 Å². The molecule has 1 aliphatic rings. The molecular formula is C16H19BrN3OS+. The van der Waals surface area contributed by atoms with Crippen LogP contribution in [0.4, 0.5) is 0 Å². The third kappa shape index (κ3) is 4.38. The van der Waals surface area contributed by atoms with Crippen molar-refractivity contribution in [1.82, 2.24) is 10.3 Å². The van der Waals surface area contributed by atoms with Crippen molar-refractivity contribution in [2.45, 2.75) is 25.4 Å². The summed E-state index contributed by atoms with van der Waals surface area (Å²) in [7, 11) is 2.03. The van der Waals surface area contributed by atoms with Gasteiger partial charge in [0, 0.05) is 21.5 Å². The average molecular weight is 381 g/mol. The Kier molecular flexibility index (Phi) is 4.90. The lowest BCUT2D eigenvalue weighted by molar-refractivity contribution is -0.885. The Morgan fingerprint density at radius 3 is 3.05 bits per heavy atom. The molecule has 1 amide bonds. The van der Waals surface area contributed by atoms with Crippen molar-refractivity contribution < 1.29 is 9.69 Å². The highest BCUT2D eigenvalue weighted by Gasteiger charge is 2.24. The lowest BCUT2D eigenvalue weighted by Crippen LogP contribution is -3.09. The molecule has 1 aromatic carbocycles. The summed E-state index contributed by atoms with van der Waals surface area (Å²) in [5, 5.41) is 6.13. The van der Waals surface area contributed by atoms with Gasteiger partial charge in [0.05, 0.1) is 7.05 Å². The van der Waals surface area contributed by atoms with Crippen LogP contribution in [0, 0.1) is 0 Å². The first kappa shape index (κ1) is 15.6. The van der Waals surface area contributed by atoms with Gasteiger partial charge in [-0.25, -0.2) is 4.98 Å². The first-order valence-corrected chi connectivity index (χ1v) is 9.08. The number of carbonyl (C=O) groups excluding carboxylic acids is 1. The predicted molar refractivity (Wildman–Crippen MR) is 91.9 cm³/mol. The molecule has 116 valence electrons.